The number of rotatable bonds is 9. The summed E-state index contributed by atoms with van der Waals surface area (Å²) in [6.45, 7) is 3.10. The number of aliphatic hydroxyl groups excluding tert-OH is 1. The molecule has 1 aromatic carbocycles. The van der Waals surface area contributed by atoms with Crippen LogP contribution in [0.1, 0.15) is 25.3 Å². The zero-order chi connectivity index (χ0) is 13.9. The van der Waals surface area contributed by atoms with Crippen LogP contribution in [0.2, 0.25) is 0 Å². The molecule has 106 valence electrons. The Balaban J connectivity index is 2.29. The van der Waals surface area contributed by atoms with Crippen LogP contribution in [0.5, 0.6) is 5.75 Å². The van der Waals surface area contributed by atoms with Crippen LogP contribution in [0.4, 0.5) is 0 Å². The smallest absolute Gasteiger partial charge is 0.142 e. The summed E-state index contributed by atoms with van der Waals surface area (Å²) in [7, 11) is 0. The van der Waals surface area contributed by atoms with E-state index in [1.807, 2.05) is 24.3 Å². The fourth-order valence-corrected chi connectivity index (χ4v) is 1.30. The maximum atomic E-state index is 8.68. The van der Waals surface area contributed by atoms with Crippen LogP contribution in [0.25, 0.3) is 0 Å². The first-order valence-electron chi connectivity index (χ1n) is 6.50. The van der Waals surface area contributed by atoms with E-state index in [0.29, 0.717) is 6.61 Å². The van der Waals surface area contributed by atoms with E-state index in [1.54, 1.807) is 0 Å². The highest BCUT2D eigenvalue weighted by Gasteiger charge is 1.97. The molecular weight excluding hydrogens is 244 g/mol. The predicted octanol–water partition coefficient (Wildman–Crippen LogP) is 1.69. The number of nitrogens with zero attached hydrogens (tertiary/aromatic N) is 1. The maximum absolute atomic E-state index is 8.68. The minimum Gasteiger partial charge on any atom is -0.494 e. The molecule has 1 atom stereocenters. The average Bonchev–Trinajstić information content (AvgIpc) is 2.45. The fraction of sp³-hybridized carbons (Fsp3) is 0.500. The van der Waals surface area contributed by atoms with E-state index in [4.69, 9.17) is 20.4 Å². The van der Waals surface area contributed by atoms with Crippen molar-refractivity contribution in [2.45, 2.75) is 32.4 Å². The molecule has 5 heteroatoms. The lowest BCUT2D eigenvalue weighted by Gasteiger charge is -2.06. The first-order valence-corrected chi connectivity index (χ1v) is 6.50. The van der Waals surface area contributed by atoms with E-state index in [0.717, 1.165) is 30.8 Å². The van der Waals surface area contributed by atoms with Gasteiger partial charge in [0.1, 0.15) is 12.4 Å². The number of aliphatic hydroxyl groups is 1. The Morgan fingerprint density at radius 1 is 1.37 bits per heavy atom. The SMILES string of the molecule is CCCCOc1ccc(CO/N=C/C(N)CO)cc1. The number of benzene rings is 1. The largest absolute Gasteiger partial charge is 0.494 e. The second-order valence-electron chi connectivity index (χ2n) is 4.22. The predicted molar refractivity (Wildman–Crippen MR) is 75.2 cm³/mol. The minimum atomic E-state index is -0.477. The van der Waals surface area contributed by atoms with Gasteiger partial charge < -0.3 is 20.4 Å². The summed E-state index contributed by atoms with van der Waals surface area (Å²) in [5, 5.41) is 12.4. The van der Waals surface area contributed by atoms with Gasteiger partial charge >= 0.3 is 0 Å². The Morgan fingerprint density at radius 3 is 2.74 bits per heavy atom. The highest BCUT2D eigenvalue weighted by Crippen LogP contribution is 2.13. The zero-order valence-electron chi connectivity index (χ0n) is 11.3. The molecule has 5 nitrogen and oxygen atoms in total. The van der Waals surface area contributed by atoms with Crippen molar-refractivity contribution in [1.29, 1.82) is 0 Å². The summed E-state index contributed by atoms with van der Waals surface area (Å²) in [6, 6.07) is 7.22. The molecule has 0 saturated carbocycles. The Hall–Kier alpha value is -1.59. The summed E-state index contributed by atoms with van der Waals surface area (Å²) < 4.78 is 5.56. The fourth-order valence-electron chi connectivity index (χ4n) is 1.30. The van der Waals surface area contributed by atoms with Crippen LogP contribution in [-0.4, -0.2) is 30.6 Å². The monoisotopic (exact) mass is 266 g/mol. The minimum absolute atomic E-state index is 0.142. The Morgan fingerprint density at radius 2 is 2.11 bits per heavy atom. The van der Waals surface area contributed by atoms with E-state index in [9.17, 15) is 0 Å². The maximum Gasteiger partial charge on any atom is 0.142 e. The van der Waals surface area contributed by atoms with Crippen LogP contribution in [0, 0.1) is 0 Å². The summed E-state index contributed by atoms with van der Waals surface area (Å²) in [5.41, 5.74) is 6.43. The lowest BCUT2D eigenvalue weighted by atomic mass is 10.2. The van der Waals surface area contributed by atoms with E-state index >= 15 is 0 Å². The van der Waals surface area contributed by atoms with E-state index in [1.165, 1.54) is 6.21 Å². The number of hydrogen-bond donors (Lipinski definition) is 2. The van der Waals surface area contributed by atoms with Crippen molar-refractivity contribution in [2.75, 3.05) is 13.2 Å². The van der Waals surface area contributed by atoms with Crippen molar-refractivity contribution in [3.63, 3.8) is 0 Å². The lowest BCUT2D eigenvalue weighted by Crippen LogP contribution is -2.25. The number of nitrogens with two attached hydrogens (primary N) is 1. The molecule has 1 aromatic rings. The van der Waals surface area contributed by atoms with E-state index in [2.05, 4.69) is 12.1 Å². The van der Waals surface area contributed by atoms with Gasteiger partial charge in [-0.05, 0) is 24.1 Å². The molecule has 0 saturated heterocycles. The Bertz CT molecular complexity index is 365. The Kier molecular flexibility index (Phi) is 7.62. The van der Waals surface area contributed by atoms with Gasteiger partial charge in [-0.3, -0.25) is 0 Å². The molecule has 3 N–H and O–H groups in total. The van der Waals surface area contributed by atoms with Crippen molar-refractivity contribution in [3.8, 4) is 5.75 Å². The molecule has 19 heavy (non-hydrogen) atoms. The summed E-state index contributed by atoms with van der Waals surface area (Å²) in [5.74, 6) is 0.864. The quantitative estimate of drug-likeness (QED) is 0.405. The molecule has 0 bridgehead atoms. The molecule has 0 aliphatic carbocycles. The third-order valence-electron chi connectivity index (χ3n) is 2.46. The molecule has 0 heterocycles. The molecule has 0 aliphatic heterocycles. The lowest BCUT2D eigenvalue weighted by molar-refractivity contribution is 0.130. The molecule has 0 radical (unpaired) electrons. The molecular formula is C14H22N2O3. The van der Waals surface area contributed by atoms with Crippen molar-refractivity contribution >= 4 is 6.21 Å². The molecule has 1 unspecified atom stereocenters. The van der Waals surface area contributed by atoms with Crippen molar-refractivity contribution in [3.05, 3.63) is 29.8 Å². The van der Waals surface area contributed by atoms with Crippen LogP contribution in [0.15, 0.2) is 29.4 Å². The van der Waals surface area contributed by atoms with Gasteiger partial charge in [0.05, 0.1) is 25.5 Å². The van der Waals surface area contributed by atoms with Crippen molar-refractivity contribution in [1.82, 2.24) is 0 Å². The van der Waals surface area contributed by atoms with Gasteiger partial charge in [-0.1, -0.05) is 30.6 Å². The first-order chi connectivity index (χ1) is 9.26. The van der Waals surface area contributed by atoms with Crippen LogP contribution in [0.3, 0.4) is 0 Å². The van der Waals surface area contributed by atoms with E-state index in [-0.39, 0.29) is 6.61 Å². The number of oxime groups is 1. The molecule has 0 fully saturated rings. The van der Waals surface area contributed by atoms with Gasteiger partial charge in [-0.25, -0.2) is 0 Å². The second-order valence-corrected chi connectivity index (χ2v) is 4.22. The van der Waals surface area contributed by atoms with Gasteiger partial charge in [-0.2, -0.15) is 0 Å². The van der Waals surface area contributed by atoms with Crippen molar-refractivity contribution in [2.24, 2.45) is 10.9 Å². The molecule has 0 aliphatic rings. The first kappa shape index (κ1) is 15.5. The number of unbranched alkanes of at least 4 members (excludes halogenated alkanes) is 1. The molecule has 1 rings (SSSR count). The van der Waals surface area contributed by atoms with Crippen LogP contribution >= 0.6 is 0 Å². The van der Waals surface area contributed by atoms with E-state index < -0.39 is 6.04 Å². The summed E-state index contributed by atoms with van der Waals surface area (Å²) >= 11 is 0. The normalized spacial score (nSPS) is 12.6. The highest BCUT2D eigenvalue weighted by atomic mass is 16.6. The van der Waals surface area contributed by atoms with Crippen LogP contribution in [-0.2, 0) is 11.4 Å². The van der Waals surface area contributed by atoms with Gasteiger partial charge in [-0.15, -0.1) is 0 Å². The van der Waals surface area contributed by atoms with Gasteiger partial charge in [0, 0.05) is 0 Å². The zero-order valence-corrected chi connectivity index (χ0v) is 11.3. The van der Waals surface area contributed by atoms with Gasteiger partial charge in [0.2, 0.25) is 0 Å². The van der Waals surface area contributed by atoms with Gasteiger partial charge in [0.25, 0.3) is 0 Å². The third kappa shape index (κ3) is 6.79. The second kappa shape index (κ2) is 9.35. The molecule has 0 aromatic heterocycles. The standard InChI is InChI=1S/C14H22N2O3/c1-2-3-8-18-14-6-4-12(5-7-14)11-19-16-9-13(15)10-17/h4-7,9,13,17H,2-3,8,10-11,15H2,1H3/b16-9+. The number of ether oxygens (including phenoxy) is 1. The third-order valence-corrected chi connectivity index (χ3v) is 2.46. The molecule has 0 spiro atoms. The summed E-state index contributed by atoms with van der Waals surface area (Å²) in [4.78, 5) is 5.07. The van der Waals surface area contributed by atoms with Crippen molar-refractivity contribution < 1.29 is 14.7 Å². The summed E-state index contributed by atoms with van der Waals surface area (Å²) in [6.07, 6.45) is 3.56. The topological polar surface area (TPSA) is 77.1 Å². The molecule has 0 amide bonds. The van der Waals surface area contributed by atoms with Gasteiger partial charge in [0.15, 0.2) is 0 Å². The average molecular weight is 266 g/mol. The Labute approximate surface area is 114 Å². The van der Waals surface area contributed by atoms with Crippen LogP contribution < -0.4 is 10.5 Å². The number of hydrogen-bond acceptors (Lipinski definition) is 5. The highest BCUT2D eigenvalue weighted by molar-refractivity contribution is 5.63.